The van der Waals surface area contributed by atoms with Crippen LogP contribution in [-0.4, -0.2) is 11.9 Å². The van der Waals surface area contributed by atoms with Crippen molar-refractivity contribution >= 4 is 21.8 Å². The monoisotopic (exact) mass is 273 g/mol. The first-order valence-electron chi connectivity index (χ1n) is 4.54. The predicted octanol–water partition coefficient (Wildman–Crippen LogP) is 2.21. The van der Waals surface area contributed by atoms with E-state index in [9.17, 15) is 4.39 Å². The molecule has 0 aliphatic carbocycles. The lowest BCUT2D eigenvalue weighted by atomic mass is 10.2. The minimum absolute atomic E-state index is 0.0955. The number of halogens is 2. The quantitative estimate of drug-likeness (QED) is 0.376. The van der Waals surface area contributed by atoms with Gasteiger partial charge >= 0.3 is 0 Å². The second-order valence-corrected chi connectivity index (χ2v) is 4.29. The van der Waals surface area contributed by atoms with Crippen molar-refractivity contribution in [3.8, 4) is 0 Å². The molecule has 82 valence electrons. The van der Waals surface area contributed by atoms with Crippen molar-refractivity contribution in [3.05, 3.63) is 34.1 Å². The molecule has 0 saturated heterocycles. The summed E-state index contributed by atoms with van der Waals surface area (Å²) >= 11 is 3.21. The van der Waals surface area contributed by atoms with E-state index in [2.05, 4.69) is 26.3 Å². The fraction of sp³-hybridized carbons (Fsp3) is 0.300. The van der Waals surface area contributed by atoms with Gasteiger partial charge in [-0.05, 0) is 32.0 Å². The van der Waals surface area contributed by atoms with Crippen molar-refractivity contribution < 1.29 is 4.39 Å². The topological polar surface area (TPSA) is 50.4 Å². The number of hydrogen-bond acceptors (Lipinski definition) is 2. The third kappa shape index (κ3) is 3.60. The zero-order chi connectivity index (χ0) is 11.4. The number of rotatable bonds is 2. The van der Waals surface area contributed by atoms with E-state index in [1.807, 2.05) is 13.8 Å². The molecule has 0 atom stereocenters. The van der Waals surface area contributed by atoms with Crippen molar-refractivity contribution in [2.75, 3.05) is 0 Å². The molecular formula is C10H13BrFN3. The molecule has 0 amide bonds. The molecule has 0 spiro atoms. The van der Waals surface area contributed by atoms with Crippen LogP contribution >= 0.6 is 15.9 Å². The Kier molecular flexibility index (Phi) is 4.23. The van der Waals surface area contributed by atoms with Crippen molar-refractivity contribution in [1.82, 2.24) is 5.43 Å². The molecule has 15 heavy (non-hydrogen) atoms. The smallest absolute Gasteiger partial charge is 0.142 e. The fourth-order valence-electron chi connectivity index (χ4n) is 1.14. The van der Waals surface area contributed by atoms with Gasteiger partial charge in [-0.2, -0.15) is 0 Å². The first kappa shape index (κ1) is 12.1. The number of nitrogens with two attached hydrogens (primary N) is 1. The Morgan fingerprint density at radius 1 is 1.47 bits per heavy atom. The Labute approximate surface area is 96.7 Å². The maximum atomic E-state index is 13.1. The highest BCUT2D eigenvalue weighted by atomic mass is 79.9. The standard InChI is InChI=1S/C10H13BrFN3/c1-6(2)14-10(15-13)7-3-8(11)5-9(12)4-7/h3-6H,13H2,1-2H3,(H,14,15). The maximum Gasteiger partial charge on any atom is 0.142 e. The highest BCUT2D eigenvalue weighted by molar-refractivity contribution is 9.10. The first-order chi connectivity index (χ1) is 7.02. The molecular weight excluding hydrogens is 261 g/mol. The van der Waals surface area contributed by atoms with Gasteiger partial charge in [-0.3, -0.25) is 4.99 Å². The van der Waals surface area contributed by atoms with Crippen LogP contribution in [0.15, 0.2) is 27.7 Å². The largest absolute Gasteiger partial charge is 0.308 e. The number of nitrogens with zero attached hydrogens (tertiary/aromatic N) is 1. The third-order valence-electron chi connectivity index (χ3n) is 1.66. The van der Waals surface area contributed by atoms with Crippen LogP contribution in [0.3, 0.4) is 0 Å². The van der Waals surface area contributed by atoms with Gasteiger partial charge < -0.3 is 5.43 Å². The van der Waals surface area contributed by atoms with E-state index in [4.69, 9.17) is 5.84 Å². The van der Waals surface area contributed by atoms with Gasteiger partial charge in [0.25, 0.3) is 0 Å². The number of hydrazine groups is 1. The van der Waals surface area contributed by atoms with E-state index in [1.165, 1.54) is 12.1 Å². The molecule has 1 aromatic rings. The normalized spacial score (nSPS) is 12.0. The summed E-state index contributed by atoms with van der Waals surface area (Å²) in [4.78, 5) is 4.24. The lowest BCUT2D eigenvalue weighted by Gasteiger charge is -2.08. The zero-order valence-corrected chi connectivity index (χ0v) is 10.2. The van der Waals surface area contributed by atoms with Crippen LogP contribution in [-0.2, 0) is 0 Å². The fourth-order valence-corrected chi connectivity index (χ4v) is 1.61. The van der Waals surface area contributed by atoms with Gasteiger partial charge in [0, 0.05) is 16.1 Å². The van der Waals surface area contributed by atoms with Crippen LogP contribution in [0.5, 0.6) is 0 Å². The molecule has 0 aliphatic heterocycles. The minimum Gasteiger partial charge on any atom is -0.308 e. The molecule has 5 heteroatoms. The number of benzene rings is 1. The zero-order valence-electron chi connectivity index (χ0n) is 8.59. The minimum atomic E-state index is -0.328. The molecule has 3 N–H and O–H groups in total. The van der Waals surface area contributed by atoms with Gasteiger partial charge in [-0.1, -0.05) is 15.9 Å². The van der Waals surface area contributed by atoms with Crippen LogP contribution in [0.25, 0.3) is 0 Å². The SMILES string of the molecule is CC(C)N=C(NN)c1cc(F)cc(Br)c1. The summed E-state index contributed by atoms with van der Waals surface area (Å²) < 4.78 is 13.8. The highest BCUT2D eigenvalue weighted by Crippen LogP contribution is 2.15. The highest BCUT2D eigenvalue weighted by Gasteiger charge is 2.05. The average Bonchev–Trinajstić information content (AvgIpc) is 2.12. The van der Waals surface area contributed by atoms with Gasteiger partial charge in [-0.15, -0.1) is 0 Å². The van der Waals surface area contributed by atoms with Gasteiger partial charge in [-0.25, -0.2) is 10.2 Å². The van der Waals surface area contributed by atoms with Crippen LogP contribution in [0.4, 0.5) is 4.39 Å². The van der Waals surface area contributed by atoms with Crippen molar-refractivity contribution in [3.63, 3.8) is 0 Å². The molecule has 0 bridgehead atoms. The van der Waals surface area contributed by atoms with E-state index < -0.39 is 0 Å². The molecule has 0 radical (unpaired) electrons. The molecule has 0 fully saturated rings. The Morgan fingerprint density at radius 3 is 2.60 bits per heavy atom. The number of amidine groups is 1. The second kappa shape index (κ2) is 5.23. The molecule has 0 unspecified atom stereocenters. The molecule has 1 rings (SSSR count). The van der Waals surface area contributed by atoms with Crippen LogP contribution in [0.1, 0.15) is 19.4 Å². The molecule has 0 aliphatic rings. The lowest BCUT2D eigenvalue weighted by Crippen LogP contribution is -2.32. The summed E-state index contributed by atoms with van der Waals surface area (Å²) in [7, 11) is 0. The predicted molar refractivity (Wildman–Crippen MR) is 63.1 cm³/mol. The van der Waals surface area contributed by atoms with E-state index in [-0.39, 0.29) is 11.9 Å². The Morgan fingerprint density at radius 2 is 2.13 bits per heavy atom. The molecule has 0 heterocycles. The summed E-state index contributed by atoms with van der Waals surface area (Å²) in [6, 6.07) is 4.61. The number of nitrogens with one attached hydrogen (secondary N) is 1. The maximum absolute atomic E-state index is 13.1. The van der Waals surface area contributed by atoms with Crippen molar-refractivity contribution in [2.45, 2.75) is 19.9 Å². The molecule has 1 aromatic carbocycles. The first-order valence-corrected chi connectivity index (χ1v) is 5.33. The summed E-state index contributed by atoms with van der Waals surface area (Å²) in [6.07, 6.45) is 0. The van der Waals surface area contributed by atoms with Crippen molar-refractivity contribution in [2.24, 2.45) is 10.8 Å². The molecule has 3 nitrogen and oxygen atoms in total. The second-order valence-electron chi connectivity index (χ2n) is 3.37. The van der Waals surface area contributed by atoms with Gasteiger partial charge in [0.1, 0.15) is 11.7 Å². The van der Waals surface area contributed by atoms with Gasteiger partial charge in [0.2, 0.25) is 0 Å². The van der Waals surface area contributed by atoms with E-state index in [0.29, 0.717) is 15.9 Å². The third-order valence-corrected chi connectivity index (χ3v) is 2.12. The van der Waals surface area contributed by atoms with Crippen molar-refractivity contribution in [1.29, 1.82) is 0 Å². The van der Waals surface area contributed by atoms with E-state index in [1.54, 1.807) is 6.07 Å². The summed E-state index contributed by atoms with van der Waals surface area (Å²) in [5.74, 6) is 5.48. The van der Waals surface area contributed by atoms with Crippen LogP contribution in [0.2, 0.25) is 0 Å². The number of aliphatic imine (C=N–C) groups is 1. The van der Waals surface area contributed by atoms with Gasteiger partial charge in [0.05, 0.1) is 0 Å². The van der Waals surface area contributed by atoms with Gasteiger partial charge in [0.15, 0.2) is 0 Å². The van der Waals surface area contributed by atoms with Crippen LogP contribution in [0, 0.1) is 5.82 Å². The summed E-state index contributed by atoms with van der Waals surface area (Å²) in [5.41, 5.74) is 3.09. The Hall–Kier alpha value is -0.940. The van der Waals surface area contributed by atoms with E-state index >= 15 is 0 Å². The number of hydrogen-bond donors (Lipinski definition) is 2. The van der Waals surface area contributed by atoms with Crippen LogP contribution < -0.4 is 11.3 Å². The summed E-state index contributed by atoms with van der Waals surface area (Å²) in [5, 5.41) is 0. The summed E-state index contributed by atoms with van der Waals surface area (Å²) in [6.45, 7) is 3.84. The Bertz CT molecular complexity index is 357. The molecule has 0 saturated carbocycles. The lowest BCUT2D eigenvalue weighted by molar-refractivity contribution is 0.626. The molecule has 0 aromatic heterocycles. The van der Waals surface area contributed by atoms with E-state index in [0.717, 1.165) is 0 Å². The Balaban J connectivity index is 3.12. The average molecular weight is 274 g/mol.